The van der Waals surface area contributed by atoms with Crippen LogP contribution in [0.15, 0.2) is 67.0 Å². The van der Waals surface area contributed by atoms with Crippen LogP contribution < -0.4 is 0 Å². The van der Waals surface area contributed by atoms with Gasteiger partial charge in [-0.2, -0.15) is 0 Å². The van der Waals surface area contributed by atoms with E-state index in [1.807, 2.05) is 67.8 Å². The average molecular weight is 566 g/mol. The summed E-state index contributed by atoms with van der Waals surface area (Å²) in [5.41, 5.74) is 6.21. The van der Waals surface area contributed by atoms with Gasteiger partial charge in [0.15, 0.2) is 5.82 Å². The molecule has 0 spiro atoms. The van der Waals surface area contributed by atoms with E-state index in [-0.39, 0.29) is 25.4 Å². The Morgan fingerprint density at radius 3 is 2.12 bits per heavy atom. The molecule has 1 unspecified atom stereocenters. The fraction of sp³-hybridized carbons (Fsp3) is 0.444. The van der Waals surface area contributed by atoms with E-state index < -0.39 is 5.97 Å². The molecule has 1 aromatic heterocycles. The molecule has 1 atom stereocenters. The molecule has 0 saturated heterocycles. The Balaban J connectivity index is 1.18. The second kappa shape index (κ2) is 13.9. The zero-order valence-corrected chi connectivity index (χ0v) is 25.0. The summed E-state index contributed by atoms with van der Waals surface area (Å²) in [5, 5.41) is 9.40. The molecule has 1 saturated carbocycles. The summed E-state index contributed by atoms with van der Waals surface area (Å²) >= 11 is 0. The van der Waals surface area contributed by atoms with Crippen molar-refractivity contribution in [2.45, 2.75) is 78.2 Å². The van der Waals surface area contributed by atoms with Crippen LogP contribution in [0.1, 0.15) is 80.5 Å². The quantitative estimate of drug-likeness (QED) is 0.275. The fourth-order valence-corrected chi connectivity index (χ4v) is 6.62. The molecule has 1 N–H and O–H groups in total. The first-order chi connectivity index (χ1) is 20.4. The standard InChI is InChI=1S/C36H43N3O3/c1-3-26-8-12-29(13-9-26)30-16-18-31(19-17-30)33-21-37-36(38-22-33)32-14-10-28(11-15-32)23-39(24-35(41)42)34(40)20-27-6-4-25(2)5-7-27/h4-7,10-11,14-15,18,21-22,26,29-30H,3,8-9,12-13,16-17,19-20,23-24H2,1-2H3,(H,41,42). The third-order valence-corrected chi connectivity index (χ3v) is 9.35. The molecule has 1 fully saturated rings. The Labute approximate surface area is 249 Å². The molecule has 220 valence electrons. The van der Waals surface area contributed by atoms with Crippen molar-refractivity contribution >= 4 is 17.4 Å². The molecule has 1 amide bonds. The van der Waals surface area contributed by atoms with Gasteiger partial charge in [0.2, 0.25) is 5.91 Å². The first kappa shape index (κ1) is 29.7. The van der Waals surface area contributed by atoms with Crippen molar-refractivity contribution in [2.24, 2.45) is 17.8 Å². The maximum absolute atomic E-state index is 12.9. The number of carboxylic acids is 1. The summed E-state index contributed by atoms with van der Waals surface area (Å²) in [6, 6.07) is 15.4. The topological polar surface area (TPSA) is 83.4 Å². The van der Waals surface area contributed by atoms with E-state index in [4.69, 9.17) is 0 Å². The van der Waals surface area contributed by atoms with Crippen molar-refractivity contribution in [1.29, 1.82) is 0 Å². The van der Waals surface area contributed by atoms with Crippen molar-refractivity contribution < 1.29 is 14.7 Å². The Morgan fingerprint density at radius 1 is 0.857 bits per heavy atom. The van der Waals surface area contributed by atoms with Crippen molar-refractivity contribution in [3.8, 4) is 11.4 Å². The summed E-state index contributed by atoms with van der Waals surface area (Å²) in [6.45, 7) is 4.21. The lowest BCUT2D eigenvalue weighted by atomic mass is 9.71. The minimum absolute atomic E-state index is 0.170. The normalized spacial score (nSPS) is 20.5. The van der Waals surface area contributed by atoms with E-state index in [2.05, 4.69) is 23.0 Å². The summed E-state index contributed by atoms with van der Waals surface area (Å²) in [5.74, 6) is 2.10. The molecular formula is C36H43N3O3. The van der Waals surface area contributed by atoms with Crippen LogP contribution in [0.2, 0.25) is 0 Å². The molecule has 3 aromatic rings. The van der Waals surface area contributed by atoms with Crippen molar-refractivity contribution in [3.63, 3.8) is 0 Å². The van der Waals surface area contributed by atoms with Crippen LogP contribution in [0.25, 0.3) is 17.0 Å². The number of nitrogens with zero attached hydrogens (tertiary/aromatic N) is 3. The molecule has 6 heteroatoms. The number of benzene rings is 2. The molecule has 6 nitrogen and oxygen atoms in total. The van der Waals surface area contributed by atoms with Crippen LogP contribution in [0.4, 0.5) is 0 Å². The molecule has 2 aliphatic carbocycles. The van der Waals surface area contributed by atoms with E-state index in [0.717, 1.165) is 52.0 Å². The molecule has 0 radical (unpaired) electrons. The monoisotopic (exact) mass is 565 g/mol. The van der Waals surface area contributed by atoms with Gasteiger partial charge in [0.05, 0.1) is 6.42 Å². The lowest BCUT2D eigenvalue weighted by Gasteiger charge is -2.35. The number of amides is 1. The Hall–Kier alpha value is -3.80. The number of rotatable bonds is 10. The maximum atomic E-state index is 12.9. The molecule has 42 heavy (non-hydrogen) atoms. The lowest BCUT2D eigenvalue weighted by Crippen LogP contribution is -2.36. The molecule has 5 rings (SSSR count). The van der Waals surface area contributed by atoms with Crippen LogP contribution in [0.5, 0.6) is 0 Å². The molecular weight excluding hydrogens is 522 g/mol. The number of hydrogen-bond donors (Lipinski definition) is 1. The van der Waals surface area contributed by atoms with Gasteiger partial charge >= 0.3 is 5.97 Å². The van der Waals surface area contributed by atoms with Crippen molar-refractivity contribution in [3.05, 3.63) is 89.3 Å². The minimum Gasteiger partial charge on any atom is -0.480 e. The van der Waals surface area contributed by atoms with Gasteiger partial charge in [-0.25, -0.2) is 9.97 Å². The van der Waals surface area contributed by atoms with Gasteiger partial charge in [-0.05, 0) is 73.5 Å². The Kier molecular flexibility index (Phi) is 9.83. The lowest BCUT2D eigenvalue weighted by molar-refractivity contribution is -0.144. The maximum Gasteiger partial charge on any atom is 0.323 e. The number of aryl methyl sites for hydroxylation is 1. The third kappa shape index (κ3) is 7.72. The highest BCUT2D eigenvalue weighted by Crippen LogP contribution is 2.41. The summed E-state index contributed by atoms with van der Waals surface area (Å²) in [6.07, 6.45) is 17.0. The predicted octanol–water partition coefficient (Wildman–Crippen LogP) is 7.51. The van der Waals surface area contributed by atoms with Crippen LogP contribution in [-0.4, -0.2) is 38.4 Å². The fourth-order valence-electron chi connectivity index (χ4n) is 6.62. The molecule has 2 aliphatic rings. The number of allylic oxidation sites excluding steroid dienone is 2. The van der Waals surface area contributed by atoms with Gasteiger partial charge in [0.1, 0.15) is 6.54 Å². The number of carbonyl (C=O) groups excluding carboxylic acids is 1. The Morgan fingerprint density at radius 2 is 1.52 bits per heavy atom. The number of hydrogen-bond acceptors (Lipinski definition) is 4. The highest BCUT2D eigenvalue weighted by molar-refractivity contribution is 5.83. The van der Waals surface area contributed by atoms with E-state index in [9.17, 15) is 14.7 Å². The predicted molar refractivity (Wildman–Crippen MR) is 166 cm³/mol. The zero-order chi connectivity index (χ0) is 29.5. The SMILES string of the molecule is CCC1CCC(C2CC=C(c3cnc(-c4ccc(CN(CC(=O)O)C(=O)Cc5ccc(C)cc5)cc4)nc3)CC2)CC1. The van der Waals surface area contributed by atoms with Gasteiger partial charge in [-0.3, -0.25) is 9.59 Å². The summed E-state index contributed by atoms with van der Waals surface area (Å²) in [7, 11) is 0. The van der Waals surface area contributed by atoms with E-state index in [1.165, 1.54) is 55.4 Å². The number of carboxylic acid groups (broad SMARTS) is 1. The largest absolute Gasteiger partial charge is 0.480 e. The van der Waals surface area contributed by atoms with Crippen molar-refractivity contribution in [1.82, 2.24) is 14.9 Å². The average Bonchev–Trinajstić information content (AvgIpc) is 3.02. The van der Waals surface area contributed by atoms with Gasteiger partial charge in [-0.1, -0.05) is 86.4 Å². The summed E-state index contributed by atoms with van der Waals surface area (Å²) in [4.78, 5) is 35.2. The molecule has 1 heterocycles. The number of aliphatic carboxylic acids is 1. The minimum atomic E-state index is -1.03. The van der Waals surface area contributed by atoms with Crippen LogP contribution in [0, 0.1) is 24.7 Å². The third-order valence-electron chi connectivity index (χ3n) is 9.35. The molecule has 2 aromatic carbocycles. The number of carbonyl (C=O) groups is 2. The Bertz CT molecular complexity index is 1370. The van der Waals surface area contributed by atoms with Gasteiger partial charge in [-0.15, -0.1) is 0 Å². The first-order valence-electron chi connectivity index (χ1n) is 15.5. The number of aromatic nitrogens is 2. The molecule has 0 bridgehead atoms. The highest BCUT2D eigenvalue weighted by Gasteiger charge is 2.28. The smallest absolute Gasteiger partial charge is 0.323 e. The van der Waals surface area contributed by atoms with Crippen LogP contribution in [-0.2, 0) is 22.6 Å². The van der Waals surface area contributed by atoms with Crippen LogP contribution in [0.3, 0.4) is 0 Å². The highest BCUT2D eigenvalue weighted by atomic mass is 16.4. The van der Waals surface area contributed by atoms with E-state index in [0.29, 0.717) is 5.82 Å². The van der Waals surface area contributed by atoms with E-state index >= 15 is 0 Å². The second-order valence-corrected chi connectivity index (χ2v) is 12.3. The second-order valence-electron chi connectivity index (χ2n) is 12.3. The van der Waals surface area contributed by atoms with E-state index in [1.54, 1.807) is 0 Å². The van der Waals surface area contributed by atoms with Gasteiger partial charge in [0.25, 0.3) is 0 Å². The summed E-state index contributed by atoms with van der Waals surface area (Å²) < 4.78 is 0. The first-order valence-corrected chi connectivity index (χ1v) is 15.5. The van der Waals surface area contributed by atoms with Crippen LogP contribution >= 0.6 is 0 Å². The molecule has 0 aliphatic heterocycles. The van der Waals surface area contributed by atoms with Gasteiger partial charge < -0.3 is 10.0 Å². The zero-order valence-electron chi connectivity index (χ0n) is 25.0. The van der Waals surface area contributed by atoms with Gasteiger partial charge in [0, 0.05) is 30.1 Å². The van der Waals surface area contributed by atoms with Crippen molar-refractivity contribution in [2.75, 3.05) is 6.54 Å².